The van der Waals surface area contributed by atoms with Crippen LogP contribution in [0, 0.1) is 0 Å². The van der Waals surface area contributed by atoms with Crippen molar-refractivity contribution < 1.29 is 4.79 Å². The molecule has 0 spiro atoms. The number of fused-ring (bicyclic) bond motifs is 1. The Hall–Kier alpha value is -2.95. The van der Waals surface area contributed by atoms with Crippen LogP contribution in [0.15, 0.2) is 64.1 Å². The summed E-state index contributed by atoms with van der Waals surface area (Å²) in [6.45, 7) is 3.30. The maximum absolute atomic E-state index is 13.3. The summed E-state index contributed by atoms with van der Waals surface area (Å²) in [6.07, 6.45) is 5.37. The Morgan fingerprint density at radius 3 is 2.69 bits per heavy atom. The minimum Gasteiger partial charge on any atom is -0.335 e. The first kappa shape index (κ1) is 20.9. The van der Waals surface area contributed by atoms with Gasteiger partial charge in [0.1, 0.15) is 5.69 Å². The summed E-state index contributed by atoms with van der Waals surface area (Å²) in [7, 11) is 0. The first-order chi connectivity index (χ1) is 15.6. The maximum Gasteiger partial charge on any atom is 0.272 e. The smallest absolute Gasteiger partial charge is 0.272 e. The predicted molar refractivity (Wildman–Crippen MR) is 126 cm³/mol. The average molecular weight is 467 g/mol. The van der Waals surface area contributed by atoms with E-state index in [0.717, 1.165) is 29.6 Å². The molecular formula is C22H22N6O2S2. The van der Waals surface area contributed by atoms with E-state index in [1.54, 1.807) is 22.9 Å². The number of hydrogen-bond donors (Lipinski definition) is 0. The first-order valence-corrected chi connectivity index (χ1v) is 12.4. The predicted octanol–water partition coefficient (Wildman–Crippen LogP) is 2.62. The second-order valence-electron chi connectivity index (χ2n) is 7.51. The number of carbonyl (C=O) groups is 1. The van der Waals surface area contributed by atoms with Crippen LogP contribution in [-0.4, -0.2) is 67.1 Å². The lowest BCUT2D eigenvalue weighted by molar-refractivity contribution is 0.0618. The van der Waals surface area contributed by atoms with Gasteiger partial charge in [-0.15, -0.1) is 11.3 Å². The molecule has 0 saturated carbocycles. The number of amides is 1. The summed E-state index contributed by atoms with van der Waals surface area (Å²) in [5.41, 5.74) is 2.22. The molecule has 1 amide bonds. The summed E-state index contributed by atoms with van der Waals surface area (Å²) in [6, 6.07) is 11.4. The number of piperazine rings is 1. The molecule has 32 heavy (non-hydrogen) atoms. The lowest BCUT2D eigenvalue weighted by atomic mass is 10.2. The standard InChI is InChI=1S/C22H22N6O2S2/c1-31-21-23-14-18(28(21)17-5-3-2-4-6-17)20(30)26-9-7-25(8-10-26)15-16-13-19(29)27-11-12-32-22(27)24-16/h2-6,11-14H,7-10,15H2,1H3. The molecule has 5 rings (SSSR count). The molecule has 0 radical (unpaired) electrons. The van der Waals surface area contributed by atoms with Gasteiger partial charge in [0.25, 0.3) is 11.5 Å². The Morgan fingerprint density at radius 2 is 1.94 bits per heavy atom. The summed E-state index contributed by atoms with van der Waals surface area (Å²) >= 11 is 2.97. The molecule has 0 atom stereocenters. The fourth-order valence-electron chi connectivity index (χ4n) is 3.93. The van der Waals surface area contributed by atoms with E-state index in [0.29, 0.717) is 30.3 Å². The van der Waals surface area contributed by atoms with E-state index in [9.17, 15) is 9.59 Å². The van der Waals surface area contributed by atoms with Crippen LogP contribution < -0.4 is 5.56 Å². The number of rotatable bonds is 5. The Bertz CT molecular complexity index is 1300. The van der Waals surface area contributed by atoms with Gasteiger partial charge in [-0.25, -0.2) is 9.97 Å². The van der Waals surface area contributed by atoms with Gasteiger partial charge in [-0.1, -0.05) is 30.0 Å². The topological polar surface area (TPSA) is 75.7 Å². The molecule has 1 aliphatic heterocycles. The van der Waals surface area contributed by atoms with Gasteiger partial charge in [0.15, 0.2) is 10.1 Å². The van der Waals surface area contributed by atoms with E-state index < -0.39 is 0 Å². The van der Waals surface area contributed by atoms with E-state index in [1.165, 1.54) is 23.1 Å². The summed E-state index contributed by atoms with van der Waals surface area (Å²) in [4.78, 5) is 39.4. The van der Waals surface area contributed by atoms with Crippen LogP contribution >= 0.6 is 23.1 Å². The number of carbonyl (C=O) groups excluding carboxylic acids is 1. The highest BCUT2D eigenvalue weighted by Crippen LogP contribution is 2.23. The first-order valence-electron chi connectivity index (χ1n) is 10.3. The number of imidazole rings is 1. The Labute approximate surface area is 193 Å². The Balaban J connectivity index is 1.29. The van der Waals surface area contributed by atoms with Crippen LogP contribution in [0.1, 0.15) is 16.2 Å². The van der Waals surface area contributed by atoms with Crippen molar-refractivity contribution in [1.82, 2.24) is 28.7 Å². The van der Waals surface area contributed by atoms with Gasteiger partial charge < -0.3 is 4.90 Å². The van der Waals surface area contributed by atoms with E-state index in [4.69, 9.17) is 0 Å². The largest absolute Gasteiger partial charge is 0.335 e. The van der Waals surface area contributed by atoms with Crippen LogP contribution in [-0.2, 0) is 6.54 Å². The molecule has 1 aromatic carbocycles. The fraction of sp³-hybridized carbons (Fsp3) is 0.273. The molecule has 1 fully saturated rings. The van der Waals surface area contributed by atoms with E-state index >= 15 is 0 Å². The third kappa shape index (κ3) is 3.96. The van der Waals surface area contributed by atoms with Crippen molar-refractivity contribution in [2.75, 3.05) is 32.4 Å². The molecule has 8 nitrogen and oxygen atoms in total. The van der Waals surface area contributed by atoms with Gasteiger partial charge in [-0.05, 0) is 18.4 Å². The molecule has 0 unspecified atom stereocenters. The van der Waals surface area contributed by atoms with Gasteiger partial charge in [-0.3, -0.25) is 23.5 Å². The second kappa shape index (κ2) is 8.89. The van der Waals surface area contributed by atoms with Crippen molar-refractivity contribution in [3.8, 4) is 5.69 Å². The number of aromatic nitrogens is 4. The quantitative estimate of drug-likeness (QED) is 0.421. The molecule has 4 aromatic rings. The summed E-state index contributed by atoms with van der Waals surface area (Å²) < 4.78 is 3.48. The van der Waals surface area contributed by atoms with Crippen LogP contribution in [0.2, 0.25) is 0 Å². The van der Waals surface area contributed by atoms with Gasteiger partial charge in [-0.2, -0.15) is 0 Å². The highest BCUT2D eigenvalue weighted by molar-refractivity contribution is 7.98. The number of thiazole rings is 1. The van der Waals surface area contributed by atoms with Crippen molar-refractivity contribution >= 4 is 34.0 Å². The van der Waals surface area contributed by atoms with E-state index in [2.05, 4.69) is 14.9 Å². The molecule has 4 heterocycles. The zero-order valence-electron chi connectivity index (χ0n) is 17.5. The molecule has 0 aliphatic carbocycles. The van der Waals surface area contributed by atoms with Crippen molar-refractivity contribution in [3.05, 3.63) is 75.9 Å². The Kier molecular flexibility index (Phi) is 5.81. The lowest BCUT2D eigenvalue weighted by Gasteiger charge is -2.34. The lowest BCUT2D eigenvalue weighted by Crippen LogP contribution is -2.48. The van der Waals surface area contributed by atoms with Crippen molar-refractivity contribution in [2.24, 2.45) is 0 Å². The van der Waals surface area contributed by atoms with Crippen LogP contribution in [0.5, 0.6) is 0 Å². The highest BCUT2D eigenvalue weighted by atomic mass is 32.2. The molecular weight excluding hydrogens is 444 g/mol. The molecule has 1 aliphatic rings. The second-order valence-corrected chi connectivity index (χ2v) is 9.16. The summed E-state index contributed by atoms with van der Waals surface area (Å²) in [5, 5.41) is 2.65. The van der Waals surface area contributed by atoms with Crippen molar-refractivity contribution in [2.45, 2.75) is 11.7 Å². The zero-order valence-corrected chi connectivity index (χ0v) is 19.2. The molecule has 164 valence electrons. The van der Waals surface area contributed by atoms with Gasteiger partial charge >= 0.3 is 0 Å². The summed E-state index contributed by atoms with van der Waals surface area (Å²) in [5.74, 6) is -0.0160. The number of thioether (sulfide) groups is 1. The van der Waals surface area contributed by atoms with Crippen LogP contribution in [0.3, 0.4) is 0 Å². The van der Waals surface area contributed by atoms with Crippen molar-refractivity contribution in [1.29, 1.82) is 0 Å². The number of nitrogens with zero attached hydrogens (tertiary/aromatic N) is 6. The third-order valence-electron chi connectivity index (χ3n) is 5.55. The number of hydrogen-bond acceptors (Lipinski definition) is 7. The van der Waals surface area contributed by atoms with Gasteiger partial charge in [0, 0.05) is 56.1 Å². The average Bonchev–Trinajstić information content (AvgIpc) is 3.47. The minimum absolute atomic E-state index is 0.0160. The van der Waals surface area contributed by atoms with E-state index in [-0.39, 0.29) is 11.5 Å². The maximum atomic E-state index is 13.3. The van der Waals surface area contributed by atoms with Gasteiger partial charge in [0.2, 0.25) is 0 Å². The van der Waals surface area contributed by atoms with Crippen LogP contribution in [0.25, 0.3) is 10.6 Å². The number of benzene rings is 1. The minimum atomic E-state index is -0.0566. The Morgan fingerprint density at radius 1 is 1.16 bits per heavy atom. The van der Waals surface area contributed by atoms with Crippen LogP contribution in [0.4, 0.5) is 0 Å². The number of para-hydroxylation sites is 1. The zero-order chi connectivity index (χ0) is 22.1. The molecule has 0 N–H and O–H groups in total. The molecule has 10 heteroatoms. The monoisotopic (exact) mass is 466 g/mol. The molecule has 1 saturated heterocycles. The normalized spacial score (nSPS) is 14.8. The van der Waals surface area contributed by atoms with Gasteiger partial charge in [0.05, 0.1) is 11.9 Å². The third-order valence-corrected chi connectivity index (χ3v) is 6.96. The van der Waals surface area contributed by atoms with E-state index in [1.807, 2.05) is 51.4 Å². The highest BCUT2D eigenvalue weighted by Gasteiger charge is 2.26. The fourth-order valence-corrected chi connectivity index (χ4v) is 5.21. The molecule has 0 bridgehead atoms. The van der Waals surface area contributed by atoms with Crippen molar-refractivity contribution in [3.63, 3.8) is 0 Å². The SMILES string of the molecule is CSc1ncc(C(=O)N2CCN(Cc3cc(=O)n4ccsc4n3)CC2)n1-c1ccccc1. The molecule has 3 aromatic heterocycles.